The molecule has 2 aromatic rings. The maximum Gasteiger partial charge on any atom is 0.220 e. The summed E-state index contributed by atoms with van der Waals surface area (Å²) in [6.45, 7) is 6.11. The highest BCUT2D eigenvalue weighted by Crippen LogP contribution is 2.25. The van der Waals surface area contributed by atoms with Crippen LogP contribution in [0, 0.1) is 13.8 Å². The van der Waals surface area contributed by atoms with Crippen LogP contribution in [0.4, 0.5) is 0 Å². The molecule has 1 unspecified atom stereocenters. The summed E-state index contributed by atoms with van der Waals surface area (Å²) in [5.74, 6) is -0.00519. The fourth-order valence-corrected chi connectivity index (χ4v) is 3.21. The molecule has 1 atom stereocenters. The summed E-state index contributed by atoms with van der Waals surface area (Å²) >= 11 is 12.3. The van der Waals surface area contributed by atoms with Gasteiger partial charge < -0.3 is 5.32 Å². The predicted molar refractivity (Wildman–Crippen MR) is 97.3 cm³/mol. The smallest absolute Gasteiger partial charge is 0.220 e. The Balaban J connectivity index is 1.98. The standard InChI is InChI=1S/C19H21Cl2NO/c1-12-7-8-13(2)16(11-12)14(3)22-19(23)10-9-15-17(20)5-4-6-18(15)21/h4-8,11,14H,9-10H2,1-3H3,(H,22,23). The van der Waals surface area contributed by atoms with Crippen molar-refractivity contribution >= 4 is 29.1 Å². The van der Waals surface area contributed by atoms with Gasteiger partial charge >= 0.3 is 0 Å². The van der Waals surface area contributed by atoms with Crippen molar-refractivity contribution in [1.82, 2.24) is 5.32 Å². The minimum atomic E-state index is -0.0240. The lowest BCUT2D eigenvalue weighted by molar-refractivity contribution is -0.121. The Labute approximate surface area is 147 Å². The van der Waals surface area contributed by atoms with Gasteiger partial charge in [-0.1, -0.05) is 53.0 Å². The number of benzene rings is 2. The normalized spacial score (nSPS) is 12.0. The van der Waals surface area contributed by atoms with E-state index in [9.17, 15) is 4.79 Å². The van der Waals surface area contributed by atoms with Crippen LogP contribution in [0.15, 0.2) is 36.4 Å². The van der Waals surface area contributed by atoms with Crippen LogP contribution in [0.25, 0.3) is 0 Å². The van der Waals surface area contributed by atoms with E-state index in [0.29, 0.717) is 22.9 Å². The molecule has 0 aliphatic carbocycles. The van der Waals surface area contributed by atoms with Crippen molar-refractivity contribution in [2.75, 3.05) is 0 Å². The number of carbonyl (C=O) groups excluding carboxylic acids is 1. The van der Waals surface area contributed by atoms with Gasteiger partial charge in [0.25, 0.3) is 0 Å². The molecule has 0 radical (unpaired) electrons. The van der Waals surface area contributed by atoms with Crippen molar-refractivity contribution in [3.63, 3.8) is 0 Å². The minimum absolute atomic E-state index is 0.00519. The Hall–Kier alpha value is -1.51. The summed E-state index contributed by atoms with van der Waals surface area (Å²) in [6, 6.07) is 11.6. The van der Waals surface area contributed by atoms with E-state index in [4.69, 9.17) is 23.2 Å². The topological polar surface area (TPSA) is 29.1 Å². The summed E-state index contributed by atoms with van der Waals surface area (Å²) < 4.78 is 0. The van der Waals surface area contributed by atoms with Crippen molar-refractivity contribution in [3.05, 3.63) is 68.7 Å². The van der Waals surface area contributed by atoms with E-state index in [1.807, 2.05) is 6.92 Å². The second kappa shape index (κ2) is 7.85. The van der Waals surface area contributed by atoms with Gasteiger partial charge in [0.15, 0.2) is 0 Å². The number of amides is 1. The molecule has 0 bridgehead atoms. The lowest BCUT2D eigenvalue weighted by atomic mass is 10.00. The number of aryl methyl sites for hydroxylation is 2. The molecule has 0 fully saturated rings. The third kappa shape index (κ3) is 4.73. The molecule has 0 aromatic heterocycles. The van der Waals surface area contributed by atoms with E-state index in [-0.39, 0.29) is 11.9 Å². The number of rotatable bonds is 5. The molecule has 0 heterocycles. The molecule has 0 saturated carbocycles. The fraction of sp³-hybridized carbons (Fsp3) is 0.316. The molecule has 122 valence electrons. The molecule has 0 aliphatic heterocycles. The second-order valence-corrected chi connectivity index (χ2v) is 6.66. The van der Waals surface area contributed by atoms with E-state index in [0.717, 1.165) is 11.1 Å². The Morgan fingerprint density at radius 1 is 1.13 bits per heavy atom. The van der Waals surface area contributed by atoms with Crippen LogP contribution in [0.1, 0.15) is 41.6 Å². The average Bonchev–Trinajstić information content (AvgIpc) is 2.49. The monoisotopic (exact) mass is 349 g/mol. The Morgan fingerprint density at radius 2 is 1.78 bits per heavy atom. The van der Waals surface area contributed by atoms with Crippen LogP contribution in [-0.4, -0.2) is 5.91 Å². The van der Waals surface area contributed by atoms with Crippen LogP contribution >= 0.6 is 23.2 Å². The zero-order chi connectivity index (χ0) is 17.0. The van der Waals surface area contributed by atoms with Gasteiger partial charge in [0.2, 0.25) is 5.91 Å². The summed E-state index contributed by atoms with van der Waals surface area (Å²) in [4.78, 5) is 12.2. The van der Waals surface area contributed by atoms with E-state index in [1.54, 1.807) is 18.2 Å². The maximum absolute atomic E-state index is 12.2. The molecule has 23 heavy (non-hydrogen) atoms. The highest BCUT2D eigenvalue weighted by Gasteiger charge is 2.13. The van der Waals surface area contributed by atoms with Gasteiger partial charge in [-0.15, -0.1) is 0 Å². The van der Waals surface area contributed by atoms with Crippen molar-refractivity contribution < 1.29 is 4.79 Å². The van der Waals surface area contributed by atoms with E-state index in [2.05, 4.69) is 37.4 Å². The van der Waals surface area contributed by atoms with Crippen LogP contribution in [-0.2, 0) is 11.2 Å². The number of hydrogen-bond acceptors (Lipinski definition) is 1. The number of nitrogens with one attached hydrogen (secondary N) is 1. The van der Waals surface area contributed by atoms with Gasteiger partial charge in [-0.05, 0) is 56.0 Å². The first-order valence-electron chi connectivity index (χ1n) is 7.68. The molecule has 0 aliphatic rings. The molecular formula is C19H21Cl2NO. The first-order chi connectivity index (χ1) is 10.9. The van der Waals surface area contributed by atoms with Gasteiger partial charge in [0, 0.05) is 16.5 Å². The largest absolute Gasteiger partial charge is 0.350 e. The zero-order valence-electron chi connectivity index (χ0n) is 13.6. The summed E-state index contributed by atoms with van der Waals surface area (Å²) in [7, 11) is 0. The van der Waals surface area contributed by atoms with Crippen molar-refractivity contribution in [1.29, 1.82) is 0 Å². The van der Waals surface area contributed by atoms with Crippen molar-refractivity contribution in [3.8, 4) is 0 Å². The van der Waals surface area contributed by atoms with Gasteiger partial charge in [0.05, 0.1) is 6.04 Å². The molecule has 1 N–H and O–H groups in total. The summed E-state index contributed by atoms with van der Waals surface area (Å²) in [5.41, 5.74) is 4.34. The van der Waals surface area contributed by atoms with E-state index >= 15 is 0 Å². The van der Waals surface area contributed by atoms with Gasteiger partial charge in [-0.3, -0.25) is 4.79 Å². The minimum Gasteiger partial charge on any atom is -0.350 e. The highest BCUT2D eigenvalue weighted by atomic mass is 35.5. The molecule has 0 saturated heterocycles. The first-order valence-corrected chi connectivity index (χ1v) is 8.43. The highest BCUT2D eigenvalue weighted by molar-refractivity contribution is 6.36. The molecule has 1 amide bonds. The fourth-order valence-electron chi connectivity index (χ4n) is 2.63. The maximum atomic E-state index is 12.2. The Morgan fingerprint density at radius 3 is 2.43 bits per heavy atom. The van der Waals surface area contributed by atoms with E-state index < -0.39 is 0 Å². The van der Waals surface area contributed by atoms with Crippen LogP contribution in [0.3, 0.4) is 0 Å². The third-order valence-electron chi connectivity index (χ3n) is 3.94. The lowest BCUT2D eigenvalue weighted by Gasteiger charge is -2.17. The van der Waals surface area contributed by atoms with Crippen LogP contribution < -0.4 is 5.32 Å². The Bertz CT molecular complexity index is 692. The van der Waals surface area contributed by atoms with Crippen LogP contribution in [0.5, 0.6) is 0 Å². The molecule has 0 spiro atoms. The van der Waals surface area contributed by atoms with Gasteiger partial charge in [-0.2, -0.15) is 0 Å². The van der Waals surface area contributed by atoms with Crippen molar-refractivity contribution in [2.45, 2.75) is 39.7 Å². The van der Waals surface area contributed by atoms with Gasteiger partial charge in [-0.25, -0.2) is 0 Å². The summed E-state index contributed by atoms with van der Waals surface area (Å²) in [6.07, 6.45) is 0.891. The molecule has 4 heteroatoms. The molecule has 2 rings (SSSR count). The molecule has 2 nitrogen and oxygen atoms in total. The number of carbonyl (C=O) groups is 1. The SMILES string of the molecule is Cc1ccc(C)c(C(C)NC(=O)CCc2c(Cl)cccc2Cl)c1. The Kier molecular flexibility index (Phi) is 6.09. The number of hydrogen-bond donors (Lipinski definition) is 1. The van der Waals surface area contributed by atoms with Crippen LogP contribution in [0.2, 0.25) is 10.0 Å². The van der Waals surface area contributed by atoms with Crippen molar-refractivity contribution in [2.24, 2.45) is 0 Å². The quantitative estimate of drug-likeness (QED) is 0.766. The predicted octanol–water partition coefficient (Wildman–Crippen LogP) is 5.42. The second-order valence-electron chi connectivity index (χ2n) is 5.85. The average molecular weight is 350 g/mol. The summed E-state index contributed by atoms with van der Waals surface area (Å²) in [5, 5.41) is 4.26. The number of halogens is 2. The first kappa shape index (κ1) is 17.8. The molecule has 2 aromatic carbocycles. The lowest BCUT2D eigenvalue weighted by Crippen LogP contribution is -2.27. The zero-order valence-corrected chi connectivity index (χ0v) is 15.1. The third-order valence-corrected chi connectivity index (χ3v) is 4.65. The van der Waals surface area contributed by atoms with E-state index in [1.165, 1.54) is 11.1 Å². The molecular weight excluding hydrogens is 329 g/mol. The van der Waals surface area contributed by atoms with Gasteiger partial charge in [0.1, 0.15) is 0 Å².